The molecule has 4 nitrogen and oxygen atoms in total. The second kappa shape index (κ2) is 6.48. The summed E-state index contributed by atoms with van der Waals surface area (Å²) in [6, 6.07) is 7.59. The summed E-state index contributed by atoms with van der Waals surface area (Å²) in [4.78, 5) is 13.7. The SMILES string of the molecule is O=C(O)c1ccccc1OCCN1CCC2CCCCC21. The Balaban J connectivity index is 1.53. The monoisotopic (exact) mass is 289 g/mol. The standard InChI is InChI=1S/C17H23NO3/c19-17(20)14-6-2-4-8-16(14)21-12-11-18-10-9-13-5-1-3-7-15(13)18/h2,4,6,8,13,15H,1,3,5,7,9-12H2,(H,19,20). The Bertz CT molecular complexity index is 503. The average molecular weight is 289 g/mol. The Labute approximate surface area is 125 Å². The second-order valence-electron chi connectivity index (χ2n) is 6.09. The van der Waals surface area contributed by atoms with Crippen LogP contribution in [-0.4, -0.2) is 41.7 Å². The maximum Gasteiger partial charge on any atom is 0.339 e. The maximum absolute atomic E-state index is 11.1. The van der Waals surface area contributed by atoms with E-state index in [-0.39, 0.29) is 5.56 Å². The second-order valence-corrected chi connectivity index (χ2v) is 6.09. The third-order valence-corrected chi connectivity index (χ3v) is 4.88. The zero-order valence-corrected chi connectivity index (χ0v) is 12.3. The van der Waals surface area contributed by atoms with Gasteiger partial charge in [-0.3, -0.25) is 4.90 Å². The summed E-state index contributed by atoms with van der Waals surface area (Å²) in [5, 5.41) is 9.14. The molecular formula is C17H23NO3. The number of nitrogens with zero attached hydrogens (tertiary/aromatic N) is 1. The Morgan fingerprint density at radius 3 is 2.90 bits per heavy atom. The van der Waals surface area contributed by atoms with E-state index in [1.54, 1.807) is 18.2 Å². The van der Waals surface area contributed by atoms with Crippen molar-refractivity contribution in [2.24, 2.45) is 5.92 Å². The molecule has 2 unspecified atom stereocenters. The fourth-order valence-corrected chi connectivity index (χ4v) is 3.82. The fraction of sp³-hybridized carbons (Fsp3) is 0.588. The van der Waals surface area contributed by atoms with Crippen LogP contribution >= 0.6 is 0 Å². The van der Waals surface area contributed by atoms with Crippen molar-refractivity contribution in [1.29, 1.82) is 0 Å². The molecule has 0 spiro atoms. The van der Waals surface area contributed by atoms with Gasteiger partial charge in [-0.2, -0.15) is 0 Å². The van der Waals surface area contributed by atoms with Crippen molar-refractivity contribution in [2.75, 3.05) is 19.7 Å². The largest absolute Gasteiger partial charge is 0.491 e. The molecule has 0 aromatic heterocycles. The van der Waals surface area contributed by atoms with Gasteiger partial charge in [0.25, 0.3) is 0 Å². The maximum atomic E-state index is 11.1. The lowest BCUT2D eigenvalue weighted by molar-refractivity contribution is 0.0691. The van der Waals surface area contributed by atoms with E-state index in [4.69, 9.17) is 9.84 Å². The summed E-state index contributed by atoms with van der Waals surface area (Å²) >= 11 is 0. The van der Waals surface area contributed by atoms with Gasteiger partial charge in [0.05, 0.1) is 0 Å². The number of likely N-dealkylation sites (tertiary alicyclic amines) is 1. The average Bonchev–Trinajstić information content (AvgIpc) is 2.91. The van der Waals surface area contributed by atoms with E-state index in [1.165, 1.54) is 38.6 Å². The van der Waals surface area contributed by atoms with Crippen molar-refractivity contribution in [3.05, 3.63) is 29.8 Å². The molecule has 1 aromatic carbocycles. The van der Waals surface area contributed by atoms with Crippen LogP contribution in [0.3, 0.4) is 0 Å². The van der Waals surface area contributed by atoms with Crippen molar-refractivity contribution >= 4 is 5.97 Å². The molecular weight excluding hydrogens is 266 g/mol. The highest BCUT2D eigenvalue weighted by Crippen LogP contribution is 2.35. The third-order valence-electron chi connectivity index (χ3n) is 4.88. The minimum absolute atomic E-state index is 0.245. The van der Waals surface area contributed by atoms with Gasteiger partial charge in [0, 0.05) is 12.6 Å². The lowest BCUT2D eigenvalue weighted by atomic mass is 9.85. The quantitative estimate of drug-likeness (QED) is 0.905. The van der Waals surface area contributed by atoms with Crippen LogP contribution < -0.4 is 4.74 Å². The molecule has 1 aliphatic carbocycles. The zero-order valence-electron chi connectivity index (χ0n) is 12.3. The number of carboxylic acids is 1. The van der Waals surface area contributed by atoms with Crippen molar-refractivity contribution in [3.63, 3.8) is 0 Å². The smallest absolute Gasteiger partial charge is 0.339 e. The fourth-order valence-electron chi connectivity index (χ4n) is 3.82. The van der Waals surface area contributed by atoms with Gasteiger partial charge in [0.15, 0.2) is 0 Å². The minimum atomic E-state index is -0.931. The molecule has 2 fully saturated rings. The molecule has 0 bridgehead atoms. The first kappa shape index (κ1) is 14.4. The first-order valence-corrected chi connectivity index (χ1v) is 7.95. The number of carboxylic acid groups (broad SMARTS) is 1. The molecule has 0 radical (unpaired) electrons. The van der Waals surface area contributed by atoms with Gasteiger partial charge >= 0.3 is 5.97 Å². The first-order chi connectivity index (χ1) is 10.3. The molecule has 4 heteroatoms. The summed E-state index contributed by atoms with van der Waals surface area (Å²) in [6.07, 6.45) is 6.74. The van der Waals surface area contributed by atoms with Crippen LogP contribution in [0.2, 0.25) is 0 Å². The van der Waals surface area contributed by atoms with Crippen LogP contribution in [0, 0.1) is 5.92 Å². The number of aromatic carboxylic acids is 1. The molecule has 21 heavy (non-hydrogen) atoms. The number of rotatable bonds is 5. The predicted molar refractivity (Wildman–Crippen MR) is 80.8 cm³/mol. The lowest BCUT2D eigenvalue weighted by Gasteiger charge is -2.31. The van der Waals surface area contributed by atoms with Gasteiger partial charge in [-0.25, -0.2) is 4.79 Å². The Morgan fingerprint density at radius 1 is 1.24 bits per heavy atom. The van der Waals surface area contributed by atoms with Crippen LogP contribution in [0.4, 0.5) is 0 Å². The Morgan fingerprint density at radius 2 is 2.05 bits per heavy atom. The van der Waals surface area contributed by atoms with Crippen LogP contribution in [0.5, 0.6) is 5.75 Å². The molecule has 1 saturated heterocycles. The molecule has 114 valence electrons. The van der Waals surface area contributed by atoms with Crippen LogP contribution in [-0.2, 0) is 0 Å². The van der Waals surface area contributed by atoms with Gasteiger partial charge in [-0.1, -0.05) is 25.0 Å². The van der Waals surface area contributed by atoms with E-state index in [2.05, 4.69) is 4.90 Å². The number of fused-ring (bicyclic) bond motifs is 1. The summed E-state index contributed by atoms with van der Waals surface area (Å²) in [7, 11) is 0. The summed E-state index contributed by atoms with van der Waals surface area (Å²) in [5.74, 6) is 0.425. The highest BCUT2D eigenvalue weighted by molar-refractivity contribution is 5.90. The Kier molecular flexibility index (Phi) is 4.44. The Hall–Kier alpha value is -1.55. The topological polar surface area (TPSA) is 49.8 Å². The molecule has 1 aromatic rings. The van der Waals surface area contributed by atoms with Gasteiger partial charge in [0.2, 0.25) is 0 Å². The molecule has 1 saturated carbocycles. The zero-order chi connectivity index (χ0) is 14.7. The third kappa shape index (κ3) is 3.21. The van der Waals surface area contributed by atoms with Crippen LogP contribution in [0.1, 0.15) is 42.5 Å². The van der Waals surface area contributed by atoms with Gasteiger partial charge < -0.3 is 9.84 Å². The molecule has 0 amide bonds. The van der Waals surface area contributed by atoms with Gasteiger partial charge in [-0.05, 0) is 43.9 Å². The summed E-state index contributed by atoms with van der Waals surface area (Å²) in [5.41, 5.74) is 0.245. The van der Waals surface area contributed by atoms with Gasteiger partial charge in [0.1, 0.15) is 17.9 Å². The van der Waals surface area contributed by atoms with Crippen molar-refractivity contribution in [1.82, 2.24) is 4.90 Å². The lowest BCUT2D eigenvalue weighted by Crippen LogP contribution is -2.37. The van der Waals surface area contributed by atoms with Gasteiger partial charge in [-0.15, -0.1) is 0 Å². The first-order valence-electron chi connectivity index (χ1n) is 7.95. The molecule has 1 aliphatic heterocycles. The minimum Gasteiger partial charge on any atom is -0.491 e. The van der Waals surface area contributed by atoms with Crippen molar-refractivity contribution in [2.45, 2.75) is 38.1 Å². The normalized spacial score (nSPS) is 25.5. The van der Waals surface area contributed by atoms with Crippen molar-refractivity contribution < 1.29 is 14.6 Å². The number of hydrogen-bond acceptors (Lipinski definition) is 3. The molecule has 3 rings (SSSR count). The van der Waals surface area contributed by atoms with E-state index in [1.807, 2.05) is 6.07 Å². The van der Waals surface area contributed by atoms with Crippen molar-refractivity contribution in [3.8, 4) is 5.75 Å². The number of ether oxygens (including phenoxy) is 1. The summed E-state index contributed by atoms with van der Waals surface area (Å²) < 4.78 is 5.72. The molecule has 2 aliphatic rings. The van der Waals surface area contributed by atoms with E-state index in [0.717, 1.165) is 18.5 Å². The number of carbonyl (C=O) groups is 1. The van der Waals surface area contributed by atoms with E-state index >= 15 is 0 Å². The summed E-state index contributed by atoms with van der Waals surface area (Å²) in [6.45, 7) is 2.63. The highest BCUT2D eigenvalue weighted by atomic mass is 16.5. The molecule has 1 heterocycles. The van der Waals surface area contributed by atoms with Crippen LogP contribution in [0.15, 0.2) is 24.3 Å². The van der Waals surface area contributed by atoms with Crippen LogP contribution in [0.25, 0.3) is 0 Å². The van der Waals surface area contributed by atoms with E-state index < -0.39 is 5.97 Å². The number of benzene rings is 1. The van der Waals surface area contributed by atoms with E-state index in [9.17, 15) is 4.79 Å². The number of hydrogen-bond donors (Lipinski definition) is 1. The number of para-hydroxylation sites is 1. The predicted octanol–water partition coefficient (Wildman–Crippen LogP) is 3.03. The van der Waals surface area contributed by atoms with E-state index in [0.29, 0.717) is 12.4 Å². The molecule has 1 N–H and O–H groups in total. The highest BCUT2D eigenvalue weighted by Gasteiger charge is 2.35. The molecule has 2 atom stereocenters.